The smallest absolute Gasteiger partial charge is 0.115 e. The van der Waals surface area contributed by atoms with Crippen LogP contribution in [0.25, 0.3) is 0 Å². The molecule has 5 heteroatoms. The van der Waals surface area contributed by atoms with Gasteiger partial charge in [-0.05, 0) is 47.4 Å². The number of halogens is 1. The lowest BCUT2D eigenvalue weighted by Crippen LogP contribution is -2.22. The average Bonchev–Trinajstić information content (AvgIpc) is 2.77. The van der Waals surface area contributed by atoms with Gasteiger partial charge in [0.15, 0.2) is 0 Å². The van der Waals surface area contributed by atoms with Crippen molar-refractivity contribution in [3.05, 3.63) is 44.1 Å². The average molecular weight is 340 g/mol. The molecular weight excluding hydrogens is 322 g/mol. The van der Waals surface area contributed by atoms with Crippen molar-refractivity contribution in [3.8, 4) is 0 Å². The van der Waals surface area contributed by atoms with Crippen LogP contribution in [-0.2, 0) is 6.42 Å². The lowest BCUT2D eigenvalue weighted by atomic mass is 10.1. The number of pyridine rings is 1. The third kappa shape index (κ3) is 3.41. The van der Waals surface area contributed by atoms with Crippen LogP contribution < -0.4 is 5.32 Å². The zero-order valence-electron chi connectivity index (χ0n) is 11.4. The largest absolute Gasteiger partial charge is 0.304 e. The molecule has 2 rings (SSSR count). The Balaban J connectivity index is 2.39. The van der Waals surface area contributed by atoms with Crippen LogP contribution in [0.3, 0.4) is 0 Å². The number of nitrogens with one attached hydrogen (secondary N) is 1. The van der Waals surface area contributed by atoms with E-state index >= 15 is 0 Å². The van der Waals surface area contributed by atoms with Gasteiger partial charge in [-0.3, -0.25) is 4.98 Å². The number of rotatable bonds is 5. The molecule has 0 amide bonds. The van der Waals surface area contributed by atoms with Crippen LogP contribution in [0.4, 0.5) is 0 Å². The van der Waals surface area contributed by atoms with Gasteiger partial charge in [-0.15, -0.1) is 11.3 Å². The molecule has 2 aromatic rings. The molecule has 1 atom stereocenters. The van der Waals surface area contributed by atoms with E-state index in [1.807, 2.05) is 6.20 Å². The van der Waals surface area contributed by atoms with Crippen molar-refractivity contribution >= 4 is 27.3 Å². The molecule has 0 saturated carbocycles. The molecule has 0 saturated heterocycles. The second-order valence-corrected chi connectivity index (χ2v) is 6.49. The lowest BCUT2D eigenvalue weighted by Gasteiger charge is -2.15. The van der Waals surface area contributed by atoms with E-state index in [0.717, 1.165) is 28.0 Å². The first-order valence-corrected chi connectivity index (χ1v) is 8.06. The Bertz CT molecular complexity index is 553. The Morgan fingerprint density at radius 3 is 2.74 bits per heavy atom. The van der Waals surface area contributed by atoms with E-state index in [1.54, 1.807) is 17.5 Å². The van der Waals surface area contributed by atoms with E-state index in [2.05, 4.69) is 53.1 Å². The molecule has 0 spiro atoms. The van der Waals surface area contributed by atoms with Crippen LogP contribution in [0.5, 0.6) is 0 Å². The fraction of sp³-hybridized carbons (Fsp3) is 0.429. The highest BCUT2D eigenvalue weighted by Gasteiger charge is 2.18. The van der Waals surface area contributed by atoms with Gasteiger partial charge in [0.1, 0.15) is 5.01 Å². The predicted molar refractivity (Wildman–Crippen MR) is 83.7 cm³/mol. The SMILES string of the molecule is CCNC(c1cncc(Br)c1)c1nc(CC)c(C)s1. The Kier molecular flexibility index (Phi) is 5.07. The third-order valence-corrected chi connectivity index (χ3v) is 4.47. The summed E-state index contributed by atoms with van der Waals surface area (Å²) in [6, 6.07) is 2.22. The van der Waals surface area contributed by atoms with Gasteiger partial charge in [0.2, 0.25) is 0 Å². The van der Waals surface area contributed by atoms with Gasteiger partial charge in [-0.2, -0.15) is 0 Å². The third-order valence-electron chi connectivity index (χ3n) is 2.96. The molecule has 19 heavy (non-hydrogen) atoms. The monoisotopic (exact) mass is 339 g/mol. The number of hydrogen-bond acceptors (Lipinski definition) is 4. The molecule has 0 aliphatic rings. The molecule has 0 bridgehead atoms. The minimum atomic E-state index is 0.124. The van der Waals surface area contributed by atoms with Crippen LogP contribution >= 0.6 is 27.3 Å². The molecule has 0 fully saturated rings. The minimum Gasteiger partial charge on any atom is -0.304 e. The van der Waals surface area contributed by atoms with E-state index in [9.17, 15) is 0 Å². The van der Waals surface area contributed by atoms with Gasteiger partial charge in [0.25, 0.3) is 0 Å². The van der Waals surface area contributed by atoms with E-state index in [-0.39, 0.29) is 6.04 Å². The summed E-state index contributed by atoms with van der Waals surface area (Å²) in [5.41, 5.74) is 2.35. The Hall–Kier alpha value is -0.780. The first-order chi connectivity index (χ1) is 9.15. The molecule has 0 aliphatic carbocycles. The number of nitrogens with zero attached hydrogens (tertiary/aromatic N) is 2. The van der Waals surface area contributed by atoms with Crippen molar-refractivity contribution in [2.75, 3.05) is 6.54 Å². The number of hydrogen-bond donors (Lipinski definition) is 1. The molecule has 102 valence electrons. The summed E-state index contributed by atoms with van der Waals surface area (Å²) in [6.45, 7) is 7.30. The summed E-state index contributed by atoms with van der Waals surface area (Å²) in [6.07, 6.45) is 4.69. The molecule has 3 nitrogen and oxygen atoms in total. The molecule has 1 N–H and O–H groups in total. The van der Waals surface area contributed by atoms with E-state index < -0.39 is 0 Å². The van der Waals surface area contributed by atoms with Gasteiger partial charge in [0, 0.05) is 21.7 Å². The summed E-state index contributed by atoms with van der Waals surface area (Å²) in [5.74, 6) is 0. The second-order valence-electron chi connectivity index (χ2n) is 4.34. The maximum atomic E-state index is 4.77. The van der Waals surface area contributed by atoms with Crippen LogP contribution in [0, 0.1) is 6.92 Å². The first-order valence-electron chi connectivity index (χ1n) is 6.45. The van der Waals surface area contributed by atoms with Gasteiger partial charge < -0.3 is 5.32 Å². The Morgan fingerprint density at radius 1 is 1.37 bits per heavy atom. The van der Waals surface area contributed by atoms with Gasteiger partial charge in [0.05, 0.1) is 11.7 Å². The second kappa shape index (κ2) is 6.59. The highest BCUT2D eigenvalue weighted by Crippen LogP contribution is 2.29. The Labute approximate surface area is 126 Å². The number of thiazole rings is 1. The normalized spacial score (nSPS) is 12.6. The summed E-state index contributed by atoms with van der Waals surface area (Å²) in [4.78, 5) is 10.3. The number of aromatic nitrogens is 2. The van der Waals surface area contributed by atoms with Crippen molar-refractivity contribution < 1.29 is 0 Å². The predicted octanol–water partition coefficient (Wildman–Crippen LogP) is 3.87. The zero-order chi connectivity index (χ0) is 13.8. The Morgan fingerprint density at radius 2 is 2.16 bits per heavy atom. The fourth-order valence-electron chi connectivity index (χ4n) is 2.04. The first kappa shape index (κ1) is 14.6. The summed E-state index contributed by atoms with van der Waals surface area (Å²) < 4.78 is 0.997. The van der Waals surface area contributed by atoms with Crippen molar-refractivity contribution in [3.63, 3.8) is 0 Å². The van der Waals surface area contributed by atoms with E-state index in [4.69, 9.17) is 4.98 Å². The van der Waals surface area contributed by atoms with Crippen molar-refractivity contribution in [1.29, 1.82) is 0 Å². The van der Waals surface area contributed by atoms with Crippen molar-refractivity contribution in [2.45, 2.75) is 33.2 Å². The molecule has 1 unspecified atom stereocenters. The lowest BCUT2D eigenvalue weighted by molar-refractivity contribution is 0.623. The quantitative estimate of drug-likeness (QED) is 0.898. The van der Waals surface area contributed by atoms with Crippen LogP contribution in [0.2, 0.25) is 0 Å². The molecular formula is C14H18BrN3S. The molecule has 0 aliphatic heterocycles. The number of aryl methyl sites for hydroxylation is 2. The van der Waals surface area contributed by atoms with Crippen molar-refractivity contribution in [1.82, 2.24) is 15.3 Å². The summed E-state index contributed by atoms with van der Waals surface area (Å²) >= 11 is 5.25. The minimum absolute atomic E-state index is 0.124. The van der Waals surface area contributed by atoms with Gasteiger partial charge >= 0.3 is 0 Å². The van der Waals surface area contributed by atoms with Crippen LogP contribution in [0.1, 0.15) is 41.0 Å². The zero-order valence-corrected chi connectivity index (χ0v) is 13.8. The van der Waals surface area contributed by atoms with E-state index in [1.165, 1.54) is 10.6 Å². The maximum absolute atomic E-state index is 4.77. The fourth-order valence-corrected chi connectivity index (χ4v) is 3.54. The topological polar surface area (TPSA) is 37.8 Å². The van der Waals surface area contributed by atoms with Gasteiger partial charge in [-0.25, -0.2) is 4.98 Å². The van der Waals surface area contributed by atoms with E-state index in [0.29, 0.717) is 0 Å². The van der Waals surface area contributed by atoms with Gasteiger partial charge in [-0.1, -0.05) is 13.8 Å². The van der Waals surface area contributed by atoms with Crippen LogP contribution in [0.15, 0.2) is 22.9 Å². The highest BCUT2D eigenvalue weighted by atomic mass is 79.9. The molecule has 2 heterocycles. The summed E-state index contributed by atoms with van der Waals surface area (Å²) in [7, 11) is 0. The molecule has 0 aromatic carbocycles. The molecule has 0 radical (unpaired) electrons. The summed E-state index contributed by atoms with van der Waals surface area (Å²) in [5, 5.41) is 4.62. The van der Waals surface area contributed by atoms with Crippen LogP contribution in [-0.4, -0.2) is 16.5 Å². The van der Waals surface area contributed by atoms with Crippen molar-refractivity contribution in [2.24, 2.45) is 0 Å². The standard InChI is InChI=1S/C14H18BrN3S/c1-4-12-9(3)19-14(18-12)13(17-5-2)10-6-11(15)8-16-7-10/h6-8,13,17H,4-5H2,1-3H3. The molecule has 2 aromatic heterocycles. The maximum Gasteiger partial charge on any atom is 0.115 e. The highest BCUT2D eigenvalue weighted by molar-refractivity contribution is 9.10.